The summed E-state index contributed by atoms with van der Waals surface area (Å²) in [5.41, 5.74) is 3.48. The predicted molar refractivity (Wildman–Crippen MR) is 132 cm³/mol. The minimum absolute atomic E-state index is 0.0427. The molecule has 0 saturated heterocycles. The summed E-state index contributed by atoms with van der Waals surface area (Å²) >= 11 is 0. The number of amides is 1. The zero-order valence-electron chi connectivity index (χ0n) is 20.5. The van der Waals surface area contributed by atoms with Crippen LogP contribution in [0.4, 0.5) is 18.0 Å². The molecule has 0 aliphatic carbocycles. The molecule has 0 spiro atoms. The normalized spacial score (nSPS) is 14.3. The Morgan fingerprint density at radius 1 is 1.21 bits per heavy atom. The van der Waals surface area contributed by atoms with Crippen molar-refractivity contribution >= 4 is 27.0 Å². The Morgan fingerprint density at radius 2 is 1.97 bits per heavy atom. The van der Waals surface area contributed by atoms with Gasteiger partial charge < -0.3 is 24.3 Å². The van der Waals surface area contributed by atoms with E-state index >= 15 is 0 Å². The first-order chi connectivity index (χ1) is 18.5. The van der Waals surface area contributed by atoms with Crippen LogP contribution in [0.25, 0.3) is 10.9 Å². The molecule has 0 atom stereocenters. The standard InChI is InChI=1S/C25H23F3N4O6S/c1-15-3-2-4-19-16(13-30-22(15)19)9-11-29-24(33)36-23-20-14-32(12-10-21(20)38-31-23)39(34,35)18-7-5-17(6-8-18)37-25(26,27)28/h2-8,13,30H,9-12,14H2,1H3,(H,29,33). The van der Waals surface area contributed by atoms with Crippen LogP contribution in [0.15, 0.2) is 58.1 Å². The first-order valence-electron chi connectivity index (χ1n) is 11.9. The van der Waals surface area contributed by atoms with Crippen molar-refractivity contribution < 1.29 is 40.4 Å². The molecule has 3 heterocycles. The minimum Gasteiger partial charge on any atom is -0.406 e. The number of aromatic amines is 1. The van der Waals surface area contributed by atoms with Gasteiger partial charge >= 0.3 is 12.5 Å². The van der Waals surface area contributed by atoms with Crippen molar-refractivity contribution in [3.8, 4) is 11.6 Å². The van der Waals surface area contributed by atoms with Gasteiger partial charge in [0, 0.05) is 43.2 Å². The third-order valence-electron chi connectivity index (χ3n) is 6.31. The van der Waals surface area contributed by atoms with Gasteiger partial charge in [0.05, 0.1) is 10.5 Å². The highest BCUT2D eigenvalue weighted by molar-refractivity contribution is 7.89. The molecule has 1 amide bonds. The average Bonchev–Trinajstić information content (AvgIpc) is 3.48. The number of aromatic nitrogens is 2. The van der Waals surface area contributed by atoms with E-state index in [0.29, 0.717) is 17.7 Å². The number of aryl methyl sites for hydroxylation is 1. The molecule has 39 heavy (non-hydrogen) atoms. The summed E-state index contributed by atoms with van der Waals surface area (Å²) in [7, 11) is -4.08. The van der Waals surface area contributed by atoms with Crippen molar-refractivity contribution in [3.05, 3.63) is 71.1 Å². The first kappa shape index (κ1) is 26.6. The summed E-state index contributed by atoms with van der Waals surface area (Å²) in [6.45, 7) is 2.14. The van der Waals surface area contributed by atoms with E-state index in [4.69, 9.17) is 9.26 Å². The van der Waals surface area contributed by atoms with Gasteiger partial charge in [-0.2, -0.15) is 4.31 Å². The van der Waals surface area contributed by atoms with Crippen molar-refractivity contribution in [2.45, 2.75) is 37.6 Å². The number of benzene rings is 2. The Kier molecular flexibility index (Phi) is 6.99. The highest BCUT2D eigenvalue weighted by atomic mass is 32.2. The molecular weight excluding hydrogens is 541 g/mol. The topological polar surface area (TPSA) is 127 Å². The molecule has 1 aliphatic rings. The number of nitrogens with zero attached hydrogens (tertiary/aromatic N) is 2. The van der Waals surface area contributed by atoms with Crippen LogP contribution in [-0.4, -0.2) is 48.4 Å². The van der Waals surface area contributed by atoms with Crippen molar-refractivity contribution in [2.75, 3.05) is 13.1 Å². The largest absolute Gasteiger partial charge is 0.573 e. The van der Waals surface area contributed by atoms with E-state index in [1.807, 2.05) is 31.3 Å². The maximum atomic E-state index is 13.1. The lowest BCUT2D eigenvalue weighted by atomic mass is 10.1. The molecule has 206 valence electrons. The van der Waals surface area contributed by atoms with Crippen LogP contribution in [0.5, 0.6) is 11.6 Å². The fraction of sp³-hybridized carbons (Fsp3) is 0.280. The zero-order chi connectivity index (χ0) is 27.8. The molecule has 2 aromatic heterocycles. The Morgan fingerprint density at radius 3 is 2.72 bits per heavy atom. The van der Waals surface area contributed by atoms with Crippen molar-refractivity contribution in [1.82, 2.24) is 19.8 Å². The van der Waals surface area contributed by atoms with Gasteiger partial charge in [0.15, 0.2) is 0 Å². The summed E-state index contributed by atoms with van der Waals surface area (Å²) in [4.78, 5) is 15.4. The second-order valence-electron chi connectivity index (χ2n) is 8.87. The first-order valence-corrected chi connectivity index (χ1v) is 13.3. The number of carbonyl (C=O) groups is 1. The smallest absolute Gasteiger partial charge is 0.406 e. The van der Waals surface area contributed by atoms with Crippen LogP contribution in [0.1, 0.15) is 22.5 Å². The van der Waals surface area contributed by atoms with E-state index in [0.717, 1.165) is 50.6 Å². The Bertz CT molecular complexity index is 1610. The minimum atomic E-state index is -4.89. The number of carbonyl (C=O) groups excluding carboxylic acids is 1. The Labute approximate surface area is 220 Å². The van der Waals surface area contributed by atoms with Crippen molar-refractivity contribution in [3.63, 3.8) is 0 Å². The molecule has 1 aliphatic heterocycles. The summed E-state index contributed by atoms with van der Waals surface area (Å²) in [6, 6.07) is 9.87. The molecule has 2 aromatic carbocycles. The molecular formula is C25H23F3N4O6S. The second kappa shape index (κ2) is 10.3. The number of H-pyrrole nitrogens is 1. The fourth-order valence-corrected chi connectivity index (χ4v) is 5.81. The third-order valence-corrected chi connectivity index (χ3v) is 8.17. The van der Waals surface area contributed by atoms with Crippen LogP contribution in [0.3, 0.4) is 0 Å². The number of hydrogen-bond donors (Lipinski definition) is 2. The highest BCUT2D eigenvalue weighted by Gasteiger charge is 2.34. The predicted octanol–water partition coefficient (Wildman–Crippen LogP) is 4.44. The monoisotopic (exact) mass is 564 g/mol. The number of para-hydroxylation sites is 1. The van der Waals surface area contributed by atoms with Gasteiger partial charge in [0.1, 0.15) is 11.5 Å². The van der Waals surface area contributed by atoms with Gasteiger partial charge in [-0.15, -0.1) is 13.2 Å². The average molecular weight is 565 g/mol. The van der Waals surface area contributed by atoms with Crippen LogP contribution in [0, 0.1) is 6.92 Å². The number of halogens is 3. The van der Waals surface area contributed by atoms with E-state index < -0.39 is 28.2 Å². The number of sulfonamides is 1. The summed E-state index contributed by atoms with van der Waals surface area (Å²) in [5, 5.41) is 7.50. The van der Waals surface area contributed by atoms with Crippen LogP contribution < -0.4 is 14.8 Å². The van der Waals surface area contributed by atoms with Gasteiger partial charge in [0.2, 0.25) is 10.0 Å². The number of alkyl halides is 3. The Hall–Kier alpha value is -4.04. The number of hydrogen-bond acceptors (Lipinski definition) is 7. The molecule has 2 N–H and O–H groups in total. The fourth-order valence-electron chi connectivity index (χ4n) is 4.40. The number of nitrogens with one attached hydrogen (secondary N) is 2. The van der Waals surface area contributed by atoms with Gasteiger partial charge in [0.25, 0.3) is 5.88 Å². The maximum Gasteiger partial charge on any atom is 0.573 e. The third kappa shape index (κ3) is 5.71. The maximum absolute atomic E-state index is 13.1. The van der Waals surface area contributed by atoms with Gasteiger partial charge in [-0.1, -0.05) is 18.2 Å². The van der Waals surface area contributed by atoms with Gasteiger partial charge in [-0.05, 0) is 53.9 Å². The quantitative estimate of drug-likeness (QED) is 0.340. The van der Waals surface area contributed by atoms with Crippen LogP contribution in [0.2, 0.25) is 0 Å². The molecule has 0 fully saturated rings. The highest BCUT2D eigenvalue weighted by Crippen LogP contribution is 2.32. The molecule has 0 saturated carbocycles. The van der Waals surface area contributed by atoms with Crippen LogP contribution in [-0.2, 0) is 29.4 Å². The second-order valence-corrected chi connectivity index (χ2v) is 10.8. The molecule has 0 bridgehead atoms. The summed E-state index contributed by atoms with van der Waals surface area (Å²) in [5.74, 6) is -0.311. The summed E-state index contributed by atoms with van der Waals surface area (Å²) < 4.78 is 78.9. The van der Waals surface area contributed by atoms with Crippen molar-refractivity contribution in [1.29, 1.82) is 0 Å². The van der Waals surface area contributed by atoms with Crippen LogP contribution >= 0.6 is 0 Å². The van der Waals surface area contributed by atoms with Gasteiger partial charge in [-0.3, -0.25) is 0 Å². The van der Waals surface area contributed by atoms with Crippen molar-refractivity contribution in [2.24, 2.45) is 0 Å². The number of fused-ring (bicyclic) bond motifs is 2. The van der Waals surface area contributed by atoms with Gasteiger partial charge in [-0.25, -0.2) is 13.2 Å². The molecule has 0 radical (unpaired) electrons. The molecule has 5 rings (SSSR count). The van der Waals surface area contributed by atoms with E-state index in [1.165, 1.54) is 0 Å². The molecule has 4 aromatic rings. The lowest BCUT2D eigenvalue weighted by molar-refractivity contribution is -0.274. The molecule has 10 nitrogen and oxygen atoms in total. The molecule has 14 heteroatoms. The lowest BCUT2D eigenvalue weighted by Crippen LogP contribution is -2.36. The van der Waals surface area contributed by atoms with E-state index in [9.17, 15) is 26.4 Å². The van der Waals surface area contributed by atoms with E-state index in [-0.39, 0.29) is 36.8 Å². The summed E-state index contributed by atoms with van der Waals surface area (Å²) in [6.07, 6.45) is -3.06. The van der Waals surface area contributed by atoms with E-state index in [1.54, 1.807) is 0 Å². The SMILES string of the molecule is Cc1cccc2c(CCNC(=O)Oc3noc4c3CN(S(=O)(=O)c3ccc(OC(F)(F)F)cc3)CC4)c[nH]c12. The Balaban J connectivity index is 1.21. The number of ether oxygens (including phenoxy) is 2. The zero-order valence-corrected chi connectivity index (χ0v) is 21.4. The van der Waals surface area contributed by atoms with E-state index in [2.05, 4.69) is 20.2 Å². The molecule has 0 unspecified atom stereocenters. The lowest BCUT2D eigenvalue weighted by Gasteiger charge is -2.25. The number of rotatable bonds is 7.